The summed E-state index contributed by atoms with van der Waals surface area (Å²) in [7, 11) is 1.50. The van der Waals surface area contributed by atoms with Crippen molar-refractivity contribution in [3.05, 3.63) is 110 Å². The van der Waals surface area contributed by atoms with Crippen molar-refractivity contribution >= 4 is 5.91 Å². The molecule has 0 unspecified atom stereocenters. The summed E-state index contributed by atoms with van der Waals surface area (Å²) in [5.74, 6) is 0.303. The van der Waals surface area contributed by atoms with E-state index in [1.807, 2.05) is 31.2 Å². The van der Waals surface area contributed by atoms with Crippen LogP contribution in [0.25, 0.3) is 5.69 Å². The van der Waals surface area contributed by atoms with E-state index in [4.69, 9.17) is 9.15 Å². The Kier molecular flexibility index (Phi) is 6.21. The second kappa shape index (κ2) is 9.39. The topological polar surface area (TPSA) is 108 Å². The molecule has 0 aliphatic rings. The van der Waals surface area contributed by atoms with E-state index in [0.717, 1.165) is 20.4 Å². The maximum atomic E-state index is 13.3. The lowest BCUT2D eigenvalue weighted by Crippen LogP contribution is -2.46. The van der Waals surface area contributed by atoms with E-state index in [2.05, 4.69) is 10.4 Å². The first-order chi connectivity index (χ1) is 16.0. The smallest absolute Gasteiger partial charge is 0.352 e. The minimum Gasteiger partial charge on any atom is -0.497 e. The molecule has 4 rings (SSSR count). The number of methoxy groups -OCH3 is 1. The lowest BCUT2D eigenvalue weighted by Gasteiger charge is -2.13. The highest BCUT2D eigenvalue weighted by atomic mass is 16.5. The molecule has 1 amide bonds. The first kappa shape index (κ1) is 21.8. The molecule has 2 aromatic carbocycles. The Hall–Kier alpha value is -4.40. The summed E-state index contributed by atoms with van der Waals surface area (Å²) in [5, 5.41) is 6.72. The molecule has 1 N–H and O–H groups in total. The Morgan fingerprint density at radius 3 is 2.64 bits per heavy atom. The zero-order valence-electron chi connectivity index (χ0n) is 18.1. The summed E-state index contributed by atoms with van der Waals surface area (Å²) in [6.07, 6.45) is 1.48. The van der Waals surface area contributed by atoms with Gasteiger partial charge in [0.05, 0.1) is 32.1 Å². The molecule has 0 bridgehead atoms. The number of carbonyl (C=O) groups is 1. The average Bonchev–Trinajstić information content (AvgIpc) is 3.34. The van der Waals surface area contributed by atoms with Crippen LogP contribution in [0.2, 0.25) is 0 Å². The van der Waals surface area contributed by atoms with Crippen molar-refractivity contribution < 1.29 is 13.9 Å². The quantitative estimate of drug-likeness (QED) is 0.467. The molecule has 0 radical (unpaired) electrons. The highest BCUT2D eigenvalue weighted by molar-refractivity contribution is 5.91. The van der Waals surface area contributed by atoms with Gasteiger partial charge < -0.3 is 14.5 Å². The number of rotatable bonds is 7. The van der Waals surface area contributed by atoms with E-state index < -0.39 is 22.9 Å². The number of nitrogens with one attached hydrogen (secondary N) is 1. The molecule has 0 aliphatic carbocycles. The number of aryl methyl sites for hydroxylation is 1. The summed E-state index contributed by atoms with van der Waals surface area (Å²) in [5.41, 5.74) is 0.239. The van der Waals surface area contributed by atoms with Crippen LogP contribution in [0.4, 0.5) is 0 Å². The van der Waals surface area contributed by atoms with E-state index in [0.29, 0.717) is 17.2 Å². The van der Waals surface area contributed by atoms with Gasteiger partial charge in [-0.1, -0.05) is 35.9 Å². The molecule has 168 valence electrons. The van der Waals surface area contributed by atoms with Crippen molar-refractivity contribution in [2.75, 3.05) is 7.11 Å². The fourth-order valence-corrected chi connectivity index (χ4v) is 3.36. The van der Waals surface area contributed by atoms with E-state index in [1.165, 1.54) is 13.4 Å². The second-order valence-corrected chi connectivity index (χ2v) is 7.39. The number of carbonyl (C=O) groups excluding carboxylic acids is 1. The van der Waals surface area contributed by atoms with Gasteiger partial charge in [-0.25, -0.2) is 4.79 Å². The lowest BCUT2D eigenvalue weighted by molar-refractivity contribution is 0.0938. The first-order valence-electron chi connectivity index (χ1n) is 10.2. The van der Waals surface area contributed by atoms with Crippen LogP contribution in [0.3, 0.4) is 0 Å². The number of amides is 1. The van der Waals surface area contributed by atoms with Crippen LogP contribution < -0.4 is 21.3 Å². The third kappa shape index (κ3) is 4.77. The van der Waals surface area contributed by atoms with Gasteiger partial charge >= 0.3 is 5.69 Å². The Morgan fingerprint density at radius 1 is 1.09 bits per heavy atom. The molecule has 9 nitrogen and oxygen atoms in total. The van der Waals surface area contributed by atoms with Gasteiger partial charge in [0.2, 0.25) is 5.69 Å². The van der Waals surface area contributed by atoms with Crippen LogP contribution in [0, 0.1) is 6.92 Å². The number of hydrogen-bond donors (Lipinski definition) is 1. The Balaban J connectivity index is 1.81. The summed E-state index contributed by atoms with van der Waals surface area (Å²) >= 11 is 0. The molecule has 0 spiro atoms. The largest absolute Gasteiger partial charge is 0.497 e. The third-order valence-corrected chi connectivity index (χ3v) is 5.00. The van der Waals surface area contributed by atoms with Crippen LogP contribution in [-0.2, 0) is 13.1 Å². The number of aromatic nitrogens is 3. The highest BCUT2D eigenvalue weighted by Crippen LogP contribution is 2.14. The van der Waals surface area contributed by atoms with Gasteiger partial charge in [-0.05, 0) is 36.8 Å². The van der Waals surface area contributed by atoms with Crippen molar-refractivity contribution in [2.24, 2.45) is 0 Å². The van der Waals surface area contributed by atoms with Crippen LogP contribution in [0.1, 0.15) is 27.4 Å². The Labute approximate surface area is 188 Å². The molecule has 0 aliphatic heterocycles. The second-order valence-electron chi connectivity index (χ2n) is 7.39. The Morgan fingerprint density at radius 2 is 1.91 bits per heavy atom. The van der Waals surface area contributed by atoms with Crippen molar-refractivity contribution in [1.29, 1.82) is 0 Å². The maximum absolute atomic E-state index is 13.3. The molecule has 2 aromatic heterocycles. The van der Waals surface area contributed by atoms with Gasteiger partial charge in [-0.15, -0.1) is 0 Å². The van der Waals surface area contributed by atoms with Crippen molar-refractivity contribution in [1.82, 2.24) is 19.7 Å². The molecule has 0 atom stereocenters. The fraction of sp³-hybridized carbons (Fsp3) is 0.167. The molecule has 0 fully saturated rings. The van der Waals surface area contributed by atoms with Gasteiger partial charge in [0.15, 0.2) is 0 Å². The number of benzene rings is 2. The monoisotopic (exact) mass is 446 g/mol. The summed E-state index contributed by atoms with van der Waals surface area (Å²) < 4.78 is 12.5. The SMILES string of the molecule is COc1cccc(-n2nc(C(=O)NCc3ccco3)c(=O)n(Cc3cccc(C)c3)c2=O)c1. The van der Waals surface area contributed by atoms with Crippen LogP contribution in [-0.4, -0.2) is 27.4 Å². The molecule has 4 aromatic rings. The molecule has 33 heavy (non-hydrogen) atoms. The predicted molar refractivity (Wildman–Crippen MR) is 121 cm³/mol. The van der Waals surface area contributed by atoms with Gasteiger partial charge in [-0.2, -0.15) is 9.78 Å². The molecule has 9 heteroatoms. The predicted octanol–water partition coefficient (Wildman–Crippen LogP) is 2.28. The van der Waals surface area contributed by atoms with Gasteiger partial charge in [-0.3, -0.25) is 14.2 Å². The minimum absolute atomic E-state index is 0.00962. The summed E-state index contributed by atoms with van der Waals surface area (Å²) in [4.78, 5) is 39.3. The normalized spacial score (nSPS) is 10.7. The third-order valence-electron chi connectivity index (χ3n) is 5.00. The van der Waals surface area contributed by atoms with Crippen LogP contribution >= 0.6 is 0 Å². The standard InChI is InChI=1S/C24H22N4O5/c1-16-6-3-7-17(12-16)15-27-23(30)21(22(29)25-14-20-10-5-11-33-20)26-28(24(27)31)18-8-4-9-19(13-18)32-2/h3-13H,14-15H2,1-2H3,(H,25,29). The summed E-state index contributed by atoms with van der Waals surface area (Å²) in [6.45, 7) is 1.98. The zero-order valence-corrected chi connectivity index (χ0v) is 18.1. The van der Waals surface area contributed by atoms with Gasteiger partial charge in [0.1, 0.15) is 11.5 Å². The zero-order chi connectivity index (χ0) is 23.4. The fourth-order valence-electron chi connectivity index (χ4n) is 3.36. The van der Waals surface area contributed by atoms with E-state index >= 15 is 0 Å². The first-order valence-corrected chi connectivity index (χ1v) is 10.2. The number of hydrogen-bond acceptors (Lipinski definition) is 6. The molecule has 0 saturated carbocycles. The number of furan rings is 1. The number of nitrogens with zero attached hydrogens (tertiary/aromatic N) is 3. The molecular weight excluding hydrogens is 424 g/mol. The number of ether oxygens (including phenoxy) is 1. The van der Waals surface area contributed by atoms with E-state index in [-0.39, 0.29) is 13.1 Å². The van der Waals surface area contributed by atoms with Gasteiger partial charge in [0, 0.05) is 6.07 Å². The lowest BCUT2D eigenvalue weighted by atomic mass is 10.1. The maximum Gasteiger partial charge on any atom is 0.352 e. The van der Waals surface area contributed by atoms with Crippen molar-refractivity contribution in [2.45, 2.75) is 20.0 Å². The highest BCUT2D eigenvalue weighted by Gasteiger charge is 2.21. The van der Waals surface area contributed by atoms with Crippen molar-refractivity contribution in [3.8, 4) is 11.4 Å². The van der Waals surface area contributed by atoms with Crippen LogP contribution in [0.15, 0.2) is 80.9 Å². The summed E-state index contributed by atoms with van der Waals surface area (Å²) in [6, 6.07) is 17.5. The average molecular weight is 446 g/mol. The van der Waals surface area contributed by atoms with Crippen LogP contribution in [0.5, 0.6) is 5.75 Å². The minimum atomic E-state index is -0.780. The molecule has 2 heterocycles. The molecular formula is C24H22N4O5. The molecule has 0 saturated heterocycles. The van der Waals surface area contributed by atoms with Crippen molar-refractivity contribution in [3.63, 3.8) is 0 Å². The Bertz CT molecular complexity index is 1400. The van der Waals surface area contributed by atoms with E-state index in [1.54, 1.807) is 36.4 Å². The van der Waals surface area contributed by atoms with Gasteiger partial charge in [0.25, 0.3) is 11.5 Å². The van der Waals surface area contributed by atoms with E-state index in [9.17, 15) is 14.4 Å².